The number of aromatic nitrogens is 2. The second-order valence-electron chi connectivity index (χ2n) is 3.36. The molecule has 0 aliphatic heterocycles. The molecule has 0 radical (unpaired) electrons. The van der Waals surface area contributed by atoms with E-state index in [0.717, 1.165) is 14.6 Å². The summed E-state index contributed by atoms with van der Waals surface area (Å²) in [6.45, 7) is 0.194. The molecule has 3 N–H and O–H groups in total. The second kappa shape index (κ2) is 4.28. The Hall–Kier alpha value is -1.31. The van der Waals surface area contributed by atoms with E-state index in [1.807, 2.05) is 18.2 Å². The van der Waals surface area contributed by atoms with Crippen LogP contribution in [0.5, 0.6) is 0 Å². The van der Waals surface area contributed by atoms with Gasteiger partial charge in [-0.15, -0.1) is 0 Å². The van der Waals surface area contributed by atoms with Crippen LogP contribution in [0.1, 0.15) is 0 Å². The number of benzene rings is 1. The van der Waals surface area contributed by atoms with Crippen LogP contribution >= 0.6 is 22.6 Å². The molecular formula is C10H11IN4O. The lowest BCUT2D eigenvalue weighted by atomic mass is 10.3. The van der Waals surface area contributed by atoms with Crippen LogP contribution in [0.4, 0.5) is 5.95 Å². The summed E-state index contributed by atoms with van der Waals surface area (Å²) in [6.07, 6.45) is 0. The van der Waals surface area contributed by atoms with Gasteiger partial charge in [-0.05, 0) is 40.8 Å². The smallest absolute Gasteiger partial charge is 0.239 e. The fraction of sp³-hybridized carbons (Fsp3) is 0.200. The number of nitrogens with one attached hydrogen (secondary N) is 1. The molecule has 2 rings (SSSR count). The summed E-state index contributed by atoms with van der Waals surface area (Å²) in [5.74, 6) is 0.269. The topological polar surface area (TPSA) is 72.9 Å². The van der Waals surface area contributed by atoms with Gasteiger partial charge in [0.15, 0.2) is 0 Å². The Morgan fingerprint density at radius 3 is 3.06 bits per heavy atom. The van der Waals surface area contributed by atoms with Gasteiger partial charge in [0.2, 0.25) is 11.9 Å². The van der Waals surface area contributed by atoms with Crippen molar-refractivity contribution >= 4 is 45.5 Å². The largest absolute Gasteiger partial charge is 0.369 e. The van der Waals surface area contributed by atoms with Crippen molar-refractivity contribution < 1.29 is 4.79 Å². The molecule has 0 spiro atoms. The Morgan fingerprint density at radius 1 is 1.62 bits per heavy atom. The second-order valence-corrected chi connectivity index (χ2v) is 4.61. The minimum absolute atomic E-state index is 0.0930. The summed E-state index contributed by atoms with van der Waals surface area (Å²) in [5, 5.41) is 2.56. The highest BCUT2D eigenvalue weighted by atomic mass is 127. The first-order chi connectivity index (χ1) is 7.61. The third-order valence-electron chi connectivity index (χ3n) is 2.32. The number of imidazole rings is 1. The minimum Gasteiger partial charge on any atom is -0.369 e. The summed E-state index contributed by atoms with van der Waals surface area (Å²) < 4.78 is 2.79. The monoisotopic (exact) mass is 330 g/mol. The molecule has 0 fully saturated rings. The number of anilines is 1. The molecule has 0 unspecified atom stereocenters. The molecule has 84 valence electrons. The number of nitrogens with two attached hydrogens (primary N) is 1. The van der Waals surface area contributed by atoms with Crippen molar-refractivity contribution in [3.05, 3.63) is 21.8 Å². The number of rotatable bonds is 2. The van der Waals surface area contributed by atoms with Gasteiger partial charge in [0.05, 0.1) is 11.0 Å². The molecular weight excluding hydrogens is 319 g/mol. The molecule has 16 heavy (non-hydrogen) atoms. The van der Waals surface area contributed by atoms with E-state index in [1.165, 1.54) is 0 Å². The van der Waals surface area contributed by atoms with Crippen LogP contribution in [0.3, 0.4) is 0 Å². The molecule has 1 amide bonds. The third kappa shape index (κ3) is 1.97. The first kappa shape index (κ1) is 11.2. The normalized spacial score (nSPS) is 10.6. The van der Waals surface area contributed by atoms with Crippen molar-refractivity contribution in [2.24, 2.45) is 0 Å². The van der Waals surface area contributed by atoms with Gasteiger partial charge in [-0.2, -0.15) is 0 Å². The molecule has 6 heteroatoms. The lowest BCUT2D eigenvalue weighted by Gasteiger charge is -2.04. The molecule has 1 aromatic carbocycles. The number of amides is 1. The van der Waals surface area contributed by atoms with Gasteiger partial charge in [0.1, 0.15) is 6.54 Å². The van der Waals surface area contributed by atoms with Crippen LogP contribution in [0.15, 0.2) is 18.2 Å². The molecule has 1 aromatic heterocycles. The fourth-order valence-corrected chi connectivity index (χ4v) is 1.99. The number of hydrogen-bond acceptors (Lipinski definition) is 3. The van der Waals surface area contributed by atoms with E-state index >= 15 is 0 Å². The molecule has 1 heterocycles. The standard InChI is InChI=1S/C10H11IN4O/c1-13-9(16)5-15-8-3-2-6(11)4-7(8)14-10(15)12/h2-4H,5H2,1H3,(H2,12,14)(H,13,16). The molecule has 2 aromatic rings. The quantitative estimate of drug-likeness (QED) is 0.806. The predicted molar refractivity (Wildman–Crippen MR) is 70.9 cm³/mol. The molecule has 0 aliphatic rings. The van der Waals surface area contributed by atoms with E-state index in [-0.39, 0.29) is 12.5 Å². The molecule has 0 saturated heterocycles. The summed E-state index contributed by atoms with van der Waals surface area (Å²) in [6, 6.07) is 5.82. The summed E-state index contributed by atoms with van der Waals surface area (Å²) in [7, 11) is 1.60. The third-order valence-corrected chi connectivity index (χ3v) is 2.99. The number of carbonyl (C=O) groups is 1. The van der Waals surface area contributed by atoms with Crippen LogP contribution in [0, 0.1) is 3.57 Å². The van der Waals surface area contributed by atoms with Crippen molar-refractivity contribution in [3.8, 4) is 0 Å². The van der Waals surface area contributed by atoms with Crippen molar-refractivity contribution in [2.45, 2.75) is 6.54 Å². The van der Waals surface area contributed by atoms with Gasteiger partial charge in [-0.1, -0.05) is 0 Å². The Balaban J connectivity index is 2.52. The highest BCUT2D eigenvalue weighted by molar-refractivity contribution is 14.1. The Kier molecular flexibility index (Phi) is 2.99. The van der Waals surface area contributed by atoms with Gasteiger partial charge >= 0.3 is 0 Å². The van der Waals surface area contributed by atoms with E-state index in [9.17, 15) is 4.79 Å². The Morgan fingerprint density at radius 2 is 2.38 bits per heavy atom. The number of hydrogen-bond donors (Lipinski definition) is 2. The zero-order valence-corrected chi connectivity index (χ0v) is 10.9. The van der Waals surface area contributed by atoms with Gasteiger partial charge in [0.25, 0.3) is 0 Å². The number of likely N-dealkylation sites (N-methyl/N-ethyl adjacent to an activating group) is 1. The van der Waals surface area contributed by atoms with Crippen LogP contribution in [-0.4, -0.2) is 22.5 Å². The van der Waals surface area contributed by atoms with E-state index in [4.69, 9.17) is 5.73 Å². The van der Waals surface area contributed by atoms with Crippen molar-refractivity contribution in [1.29, 1.82) is 0 Å². The minimum atomic E-state index is -0.0930. The van der Waals surface area contributed by atoms with E-state index in [2.05, 4.69) is 32.9 Å². The first-order valence-corrected chi connectivity index (χ1v) is 5.81. The molecule has 5 nitrogen and oxygen atoms in total. The van der Waals surface area contributed by atoms with Crippen LogP contribution in [0.25, 0.3) is 11.0 Å². The maximum Gasteiger partial charge on any atom is 0.239 e. The zero-order chi connectivity index (χ0) is 11.7. The van der Waals surface area contributed by atoms with Gasteiger partial charge in [0, 0.05) is 10.6 Å². The van der Waals surface area contributed by atoms with E-state index < -0.39 is 0 Å². The van der Waals surface area contributed by atoms with Gasteiger partial charge in [-0.25, -0.2) is 4.98 Å². The maximum atomic E-state index is 11.3. The highest BCUT2D eigenvalue weighted by Gasteiger charge is 2.10. The maximum absolute atomic E-state index is 11.3. The predicted octanol–water partition coefficient (Wildman–Crippen LogP) is 0.969. The van der Waals surface area contributed by atoms with Crippen LogP contribution in [0.2, 0.25) is 0 Å². The van der Waals surface area contributed by atoms with Gasteiger partial charge in [-0.3, -0.25) is 4.79 Å². The number of fused-ring (bicyclic) bond motifs is 1. The fourth-order valence-electron chi connectivity index (χ4n) is 1.51. The van der Waals surface area contributed by atoms with Crippen molar-refractivity contribution in [3.63, 3.8) is 0 Å². The Labute approximate surface area is 106 Å². The zero-order valence-electron chi connectivity index (χ0n) is 8.70. The van der Waals surface area contributed by atoms with Crippen LogP contribution < -0.4 is 11.1 Å². The van der Waals surface area contributed by atoms with E-state index in [0.29, 0.717) is 5.95 Å². The van der Waals surface area contributed by atoms with E-state index in [1.54, 1.807) is 11.6 Å². The highest BCUT2D eigenvalue weighted by Crippen LogP contribution is 2.19. The number of nitrogen functional groups attached to an aromatic ring is 1. The molecule has 0 saturated carbocycles. The number of nitrogens with zero attached hydrogens (tertiary/aromatic N) is 2. The number of carbonyl (C=O) groups excluding carboxylic acids is 1. The summed E-state index contributed by atoms with van der Waals surface area (Å²) >= 11 is 2.21. The average Bonchev–Trinajstić information content (AvgIpc) is 2.54. The van der Waals surface area contributed by atoms with Crippen molar-refractivity contribution in [1.82, 2.24) is 14.9 Å². The summed E-state index contributed by atoms with van der Waals surface area (Å²) in [5.41, 5.74) is 7.47. The lowest BCUT2D eigenvalue weighted by Crippen LogP contribution is -2.24. The number of halogens is 1. The molecule has 0 bridgehead atoms. The molecule has 0 aliphatic carbocycles. The Bertz CT molecular complexity index is 549. The average molecular weight is 330 g/mol. The first-order valence-electron chi connectivity index (χ1n) is 4.73. The summed E-state index contributed by atoms with van der Waals surface area (Å²) in [4.78, 5) is 15.5. The lowest BCUT2D eigenvalue weighted by molar-refractivity contribution is -0.121. The van der Waals surface area contributed by atoms with Crippen LogP contribution in [-0.2, 0) is 11.3 Å². The van der Waals surface area contributed by atoms with Crippen molar-refractivity contribution in [2.75, 3.05) is 12.8 Å². The SMILES string of the molecule is CNC(=O)Cn1c(N)nc2cc(I)ccc21. The molecule has 0 atom stereocenters. The van der Waals surface area contributed by atoms with Gasteiger partial charge < -0.3 is 15.6 Å².